The summed E-state index contributed by atoms with van der Waals surface area (Å²) in [5.41, 5.74) is 1.74. The van der Waals surface area contributed by atoms with Gasteiger partial charge in [0, 0.05) is 37.4 Å². The number of nitrogens with one attached hydrogen (secondary N) is 2. The number of nitrogens with zero attached hydrogens (tertiary/aromatic N) is 1. The summed E-state index contributed by atoms with van der Waals surface area (Å²) in [7, 11) is 0. The number of carbonyl (C=O) groups excluding carboxylic acids is 4. The molecule has 3 amide bonds. The van der Waals surface area contributed by atoms with Crippen molar-refractivity contribution in [2.24, 2.45) is 0 Å². The van der Waals surface area contributed by atoms with E-state index in [1.807, 2.05) is 24.3 Å². The van der Waals surface area contributed by atoms with Crippen LogP contribution in [0.25, 0.3) is 10.9 Å². The van der Waals surface area contributed by atoms with Crippen LogP contribution in [0.1, 0.15) is 26.3 Å². The summed E-state index contributed by atoms with van der Waals surface area (Å²) >= 11 is 0. The van der Waals surface area contributed by atoms with Crippen LogP contribution >= 0.6 is 0 Å². The maximum absolute atomic E-state index is 12.8. The molecule has 2 N–H and O–H groups in total. The third-order valence-electron chi connectivity index (χ3n) is 4.66. The first-order chi connectivity index (χ1) is 12.8. The van der Waals surface area contributed by atoms with Gasteiger partial charge in [-0.2, -0.15) is 0 Å². The molecular formula is C19H21N3O5. The number of imide groups is 1. The Hall–Kier alpha value is -3.16. The Bertz CT molecular complexity index is 919. The molecule has 1 saturated heterocycles. The van der Waals surface area contributed by atoms with E-state index in [0.717, 1.165) is 21.4 Å². The number of H-pyrrole nitrogens is 1. The Balaban J connectivity index is 1.89. The van der Waals surface area contributed by atoms with Crippen molar-refractivity contribution in [3.63, 3.8) is 0 Å². The second-order valence-electron chi connectivity index (χ2n) is 6.61. The third-order valence-corrected chi connectivity index (χ3v) is 4.66. The number of para-hydroxylation sites is 1. The van der Waals surface area contributed by atoms with Gasteiger partial charge in [0.2, 0.25) is 11.8 Å². The zero-order valence-corrected chi connectivity index (χ0v) is 15.3. The molecule has 8 nitrogen and oxygen atoms in total. The molecule has 8 heteroatoms. The second kappa shape index (κ2) is 7.22. The highest BCUT2D eigenvalue weighted by Crippen LogP contribution is 2.23. The minimum atomic E-state index is -1.09. The smallest absolute Gasteiger partial charge is 0.302 e. The van der Waals surface area contributed by atoms with Gasteiger partial charge in [-0.3, -0.25) is 24.1 Å². The fourth-order valence-electron chi connectivity index (χ4n) is 3.45. The molecule has 0 bridgehead atoms. The van der Waals surface area contributed by atoms with Gasteiger partial charge in [-0.05, 0) is 18.6 Å². The molecular weight excluding hydrogens is 350 g/mol. The van der Waals surface area contributed by atoms with Gasteiger partial charge in [-0.25, -0.2) is 0 Å². The third kappa shape index (κ3) is 3.55. The summed E-state index contributed by atoms with van der Waals surface area (Å²) in [5, 5.41) is 3.52. The summed E-state index contributed by atoms with van der Waals surface area (Å²) in [6, 6.07) is 5.53. The summed E-state index contributed by atoms with van der Waals surface area (Å²) in [6.07, 6.45) is 1.08. The summed E-state index contributed by atoms with van der Waals surface area (Å²) in [6.45, 7) is 3.96. The van der Waals surface area contributed by atoms with Crippen LogP contribution in [0.2, 0.25) is 0 Å². The minimum Gasteiger partial charge on any atom is -0.460 e. The van der Waals surface area contributed by atoms with Crippen molar-refractivity contribution in [1.82, 2.24) is 15.2 Å². The van der Waals surface area contributed by atoms with E-state index in [4.69, 9.17) is 4.74 Å². The molecule has 2 heterocycles. The molecule has 2 aromatic rings. The number of benzene rings is 1. The molecule has 3 atom stereocenters. The van der Waals surface area contributed by atoms with Gasteiger partial charge in [0.05, 0.1) is 0 Å². The molecule has 1 aliphatic rings. The normalized spacial score (nSPS) is 21.1. The van der Waals surface area contributed by atoms with Crippen LogP contribution in [0.3, 0.4) is 0 Å². The van der Waals surface area contributed by atoms with E-state index in [2.05, 4.69) is 10.3 Å². The number of piperazine rings is 1. The van der Waals surface area contributed by atoms with Gasteiger partial charge in [-0.15, -0.1) is 0 Å². The van der Waals surface area contributed by atoms with Gasteiger partial charge in [0.15, 0.2) is 0 Å². The van der Waals surface area contributed by atoms with Gasteiger partial charge < -0.3 is 15.0 Å². The van der Waals surface area contributed by atoms with E-state index < -0.39 is 41.9 Å². The van der Waals surface area contributed by atoms with Crippen molar-refractivity contribution in [3.8, 4) is 0 Å². The Kier molecular flexibility index (Phi) is 4.98. The predicted molar refractivity (Wildman–Crippen MR) is 96.5 cm³/mol. The number of esters is 1. The fourth-order valence-corrected chi connectivity index (χ4v) is 3.45. The van der Waals surface area contributed by atoms with E-state index in [9.17, 15) is 19.2 Å². The number of aromatic nitrogens is 1. The number of fused-ring (bicyclic) bond motifs is 1. The van der Waals surface area contributed by atoms with Crippen LogP contribution < -0.4 is 5.32 Å². The van der Waals surface area contributed by atoms with Crippen molar-refractivity contribution >= 4 is 34.6 Å². The van der Waals surface area contributed by atoms with Crippen LogP contribution in [0, 0.1) is 0 Å². The highest BCUT2D eigenvalue weighted by atomic mass is 16.5. The largest absolute Gasteiger partial charge is 0.460 e. The lowest BCUT2D eigenvalue weighted by atomic mass is 9.97. The summed E-state index contributed by atoms with van der Waals surface area (Å²) < 4.78 is 5.02. The highest BCUT2D eigenvalue weighted by Gasteiger charge is 2.45. The van der Waals surface area contributed by atoms with Crippen LogP contribution in [0.15, 0.2) is 30.5 Å². The Morgan fingerprint density at radius 1 is 1.22 bits per heavy atom. The van der Waals surface area contributed by atoms with Crippen LogP contribution in [-0.4, -0.2) is 51.8 Å². The molecule has 1 fully saturated rings. The van der Waals surface area contributed by atoms with E-state index in [0.29, 0.717) is 0 Å². The van der Waals surface area contributed by atoms with E-state index in [-0.39, 0.29) is 6.42 Å². The number of amides is 3. The molecule has 2 unspecified atom stereocenters. The first-order valence-corrected chi connectivity index (χ1v) is 8.65. The van der Waals surface area contributed by atoms with Crippen molar-refractivity contribution in [1.29, 1.82) is 0 Å². The average molecular weight is 371 g/mol. The Morgan fingerprint density at radius 2 is 1.93 bits per heavy atom. The Labute approximate surface area is 155 Å². The molecule has 1 aromatic heterocycles. The lowest BCUT2D eigenvalue weighted by Gasteiger charge is -2.38. The molecule has 3 rings (SSSR count). The lowest BCUT2D eigenvalue weighted by molar-refractivity contribution is -0.163. The van der Waals surface area contributed by atoms with E-state index in [1.54, 1.807) is 6.20 Å². The second-order valence-corrected chi connectivity index (χ2v) is 6.61. The highest BCUT2D eigenvalue weighted by molar-refractivity contribution is 6.06. The molecule has 27 heavy (non-hydrogen) atoms. The van der Waals surface area contributed by atoms with E-state index >= 15 is 0 Å². The number of aromatic amines is 1. The zero-order chi connectivity index (χ0) is 19.7. The van der Waals surface area contributed by atoms with Crippen LogP contribution in [0.4, 0.5) is 0 Å². The van der Waals surface area contributed by atoms with Crippen LogP contribution in [-0.2, 0) is 30.3 Å². The quantitative estimate of drug-likeness (QED) is 0.777. The monoisotopic (exact) mass is 371 g/mol. The van der Waals surface area contributed by atoms with Crippen molar-refractivity contribution in [2.75, 3.05) is 0 Å². The first kappa shape index (κ1) is 18.6. The molecule has 0 saturated carbocycles. The maximum Gasteiger partial charge on any atom is 0.302 e. The predicted octanol–water partition coefficient (Wildman–Crippen LogP) is 0.904. The average Bonchev–Trinajstić information content (AvgIpc) is 3.00. The van der Waals surface area contributed by atoms with Gasteiger partial charge >= 0.3 is 5.97 Å². The number of rotatable bonds is 4. The number of ether oxygens (including phenoxy) is 1. The standard InChI is InChI=1S/C19H21N3O5/c1-10(27-12(3)24)17-19(26)22(11(2)23)16(18(25)21-17)8-13-9-20-15-7-5-4-6-14(13)15/h4-7,9-10,16-17,20H,8H2,1-3H3,(H,21,25)/t10?,16-,17?/m0/s1. The molecule has 0 radical (unpaired) electrons. The van der Waals surface area contributed by atoms with Gasteiger partial charge in [0.25, 0.3) is 5.91 Å². The van der Waals surface area contributed by atoms with Gasteiger partial charge in [0.1, 0.15) is 18.2 Å². The van der Waals surface area contributed by atoms with Gasteiger partial charge in [-0.1, -0.05) is 18.2 Å². The molecule has 1 aromatic carbocycles. The summed E-state index contributed by atoms with van der Waals surface area (Å²) in [4.78, 5) is 52.9. The topological polar surface area (TPSA) is 109 Å². The van der Waals surface area contributed by atoms with E-state index in [1.165, 1.54) is 20.8 Å². The zero-order valence-electron chi connectivity index (χ0n) is 15.3. The lowest BCUT2D eigenvalue weighted by Crippen LogP contribution is -2.67. The molecule has 1 aliphatic heterocycles. The summed E-state index contributed by atoms with van der Waals surface area (Å²) in [5.74, 6) is -2.14. The number of hydrogen-bond acceptors (Lipinski definition) is 5. The number of hydrogen-bond donors (Lipinski definition) is 2. The molecule has 142 valence electrons. The first-order valence-electron chi connectivity index (χ1n) is 8.65. The molecule has 0 aliphatic carbocycles. The molecule has 0 spiro atoms. The van der Waals surface area contributed by atoms with Crippen molar-refractivity contribution in [2.45, 2.75) is 45.4 Å². The number of carbonyl (C=O) groups is 4. The minimum absolute atomic E-state index is 0.190. The maximum atomic E-state index is 12.8. The Morgan fingerprint density at radius 3 is 2.59 bits per heavy atom. The SMILES string of the molecule is CC(=O)OC(C)C1NC(=O)[C@H](Cc2c[nH]c3ccccc23)N(C(C)=O)C1=O. The fraction of sp³-hybridized carbons (Fsp3) is 0.368. The van der Waals surface area contributed by atoms with Crippen molar-refractivity contribution in [3.05, 3.63) is 36.0 Å². The van der Waals surface area contributed by atoms with Crippen molar-refractivity contribution < 1.29 is 23.9 Å². The van der Waals surface area contributed by atoms with Crippen LogP contribution in [0.5, 0.6) is 0 Å².